The largest absolute Gasteiger partial charge is 0.504 e. The van der Waals surface area contributed by atoms with Gasteiger partial charge in [-0.05, 0) is 37.5 Å². The topological polar surface area (TPSA) is 105 Å². The van der Waals surface area contributed by atoms with Crippen LogP contribution >= 0.6 is 23.2 Å². The highest BCUT2D eigenvalue weighted by Crippen LogP contribution is 2.50. The molecule has 29 heavy (non-hydrogen) atoms. The quantitative estimate of drug-likeness (QED) is 0.655. The molecular formula is C18H16Cl2N2O5S2. The molecule has 0 atom stereocenters. The van der Waals surface area contributed by atoms with Crippen LogP contribution in [-0.2, 0) is 26.5 Å². The van der Waals surface area contributed by atoms with Gasteiger partial charge >= 0.3 is 0 Å². The number of fused-ring (bicyclic) bond motifs is 1. The van der Waals surface area contributed by atoms with Crippen LogP contribution < -0.4 is 4.31 Å². The van der Waals surface area contributed by atoms with Crippen LogP contribution in [0.15, 0.2) is 30.5 Å². The number of hydrogen-bond donors (Lipinski definition) is 2. The summed E-state index contributed by atoms with van der Waals surface area (Å²) in [6.45, 7) is 1.76. The molecule has 0 radical (unpaired) electrons. The van der Waals surface area contributed by atoms with E-state index in [2.05, 4.69) is 4.98 Å². The van der Waals surface area contributed by atoms with Gasteiger partial charge in [0.2, 0.25) is 10.9 Å². The van der Waals surface area contributed by atoms with Crippen molar-refractivity contribution in [2.45, 2.75) is 31.1 Å². The standard InChI is InChI=1S/C18H16Cl2N2O5S2/c1-18(6-7-18)22(28(24)25)15-12(19)5-4-11(13(15)20)17-16(23)14-10(3-2-8-21-14)9-29(17,26)27/h2-5,8,23,28H,6-7,9H2,1H3. The summed E-state index contributed by atoms with van der Waals surface area (Å²) in [5.74, 6) is -0.890. The van der Waals surface area contributed by atoms with Crippen molar-refractivity contribution in [3.63, 3.8) is 0 Å². The normalized spacial score (nSPS) is 19.2. The van der Waals surface area contributed by atoms with Crippen molar-refractivity contribution < 1.29 is 21.9 Å². The Morgan fingerprint density at radius 1 is 1.21 bits per heavy atom. The number of thiol groups is 1. The zero-order chi connectivity index (χ0) is 21.1. The first-order chi connectivity index (χ1) is 13.6. The Hall–Kier alpha value is -1.81. The lowest BCUT2D eigenvalue weighted by atomic mass is 10.1. The maximum absolute atomic E-state index is 12.9. The molecule has 11 heteroatoms. The van der Waals surface area contributed by atoms with Crippen LogP contribution in [0.2, 0.25) is 10.0 Å². The maximum Gasteiger partial charge on any atom is 0.225 e. The monoisotopic (exact) mass is 474 g/mol. The smallest absolute Gasteiger partial charge is 0.225 e. The molecule has 0 amide bonds. The Bertz CT molecular complexity index is 1240. The van der Waals surface area contributed by atoms with Gasteiger partial charge in [-0.2, -0.15) is 0 Å². The van der Waals surface area contributed by atoms with Gasteiger partial charge in [0.25, 0.3) is 0 Å². The van der Waals surface area contributed by atoms with E-state index in [9.17, 15) is 21.9 Å². The van der Waals surface area contributed by atoms with Crippen molar-refractivity contribution in [3.05, 3.63) is 57.3 Å². The molecule has 1 aliphatic heterocycles. The zero-order valence-corrected chi connectivity index (χ0v) is 18.3. The molecule has 1 aromatic heterocycles. The van der Waals surface area contributed by atoms with E-state index in [-0.39, 0.29) is 32.7 Å². The number of hydrogen-bond acceptors (Lipinski definition) is 6. The minimum atomic E-state index is -3.96. The van der Waals surface area contributed by atoms with Crippen LogP contribution in [0.25, 0.3) is 10.7 Å². The number of aliphatic hydroxyl groups excluding tert-OH is 1. The van der Waals surface area contributed by atoms with Gasteiger partial charge in [-0.1, -0.05) is 35.3 Å². The number of aromatic nitrogens is 1. The second kappa shape index (κ2) is 6.87. The van der Waals surface area contributed by atoms with E-state index in [1.807, 2.05) is 0 Å². The highest BCUT2D eigenvalue weighted by molar-refractivity contribution is 8.00. The van der Waals surface area contributed by atoms with Gasteiger partial charge in [0.1, 0.15) is 10.6 Å². The van der Waals surface area contributed by atoms with Gasteiger partial charge in [-0.3, -0.25) is 9.29 Å². The lowest BCUT2D eigenvalue weighted by Crippen LogP contribution is -2.34. The molecule has 0 bridgehead atoms. The Morgan fingerprint density at radius 3 is 2.52 bits per heavy atom. The van der Waals surface area contributed by atoms with Crippen molar-refractivity contribution in [1.82, 2.24) is 4.98 Å². The molecule has 2 aliphatic rings. The van der Waals surface area contributed by atoms with E-state index < -0.39 is 36.9 Å². The first-order valence-corrected chi connectivity index (χ1v) is 12.1. The Balaban J connectivity index is 2.00. The average molecular weight is 475 g/mol. The van der Waals surface area contributed by atoms with Gasteiger partial charge in [0.05, 0.1) is 27.0 Å². The van der Waals surface area contributed by atoms with Crippen molar-refractivity contribution >= 4 is 60.3 Å². The van der Waals surface area contributed by atoms with E-state index >= 15 is 0 Å². The number of aliphatic hydroxyl groups is 1. The Morgan fingerprint density at radius 2 is 1.90 bits per heavy atom. The molecule has 0 unspecified atom stereocenters. The molecule has 2 heterocycles. The van der Waals surface area contributed by atoms with E-state index in [0.717, 1.165) is 4.31 Å². The van der Waals surface area contributed by atoms with E-state index in [4.69, 9.17) is 23.2 Å². The third-order valence-corrected chi connectivity index (χ3v) is 8.58. The lowest BCUT2D eigenvalue weighted by molar-refractivity contribution is 0.508. The second-order valence-electron chi connectivity index (χ2n) is 7.25. The van der Waals surface area contributed by atoms with E-state index in [0.29, 0.717) is 18.4 Å². The molecule has 2 aromatic rings. The first-order valence-electron chi connectivity index (χ1n) is 8.60. The van der Waals surface area contributed by atoms with Crippen LogP contribution in [-0.4, -0.2) is 32.5 Å². The first kappa shape index (κ1) is 20.5. The average Bonchev–Trinajstić information content (AvgIpc) is 3.37. The minimum Gasteiger partial charge on any atom is -0.504 e. The summed E-state index contributed by atoms with van der Waals surface area (Å²) in [5, 5.41) is 10.6. The molecule has 1 fully saturated rings. The van der Waals surface area contributed by atoms with Crippen molar-refractivity contribution in [1.29, 1.82) is 0 Å². The number of pyridine rings is 1. The third kappa shape index (κ3) is 3.30. The Labute approximate surface area is 179 Å². The molecule has 1 saturated carbocycles. The van der Waals surface area contributed by atoms with E-state index in [1.54, 1.807) is 19.1 Å². The molecule has 1 aromatic carbocycles. The molecule has 0 spiro atoms. The fraction of sp³-hybridized carbons (Fsp3) is 0.278. The SMILES string of the molecule is CC1(N(c2c(Cl)ccc(C3=C(O)c4ncccc4CS3(=O)=O)c2Cl)[SH](=O)=O)CC1. The van der Waals surface area contributed by atoms with Crippen LogP contribution in [0.3, 0.4) is 0 Å². The van der Waals surface area contributed by atoms with Crippen LogP contribution in [0, 0.1) is 0 Å². The number of anilines is 1. The van der Waals surface area contributed by atoms with Gasteiger partial charge in [-0.25, -0.2) is 16.8 Å². The van der Waals surface area contributed by atoms with Gasteiger partial charge in [0.15, 0.2) is 15.6 Å². The summed E-state index contributed by atoms with van der Waals surface area (Å²) < 4.78 is 51.0. The van der Waals surface area contributed by atoms with Crippen molar-refractivity contribution in [3.8, 4) is 0 Å². The highest BCUT2D eigenvalue weighted by atomic mass is 35.5. The van der Waals surface area contributed by atoms with Crippen LogP contribution in [0.1, 0.15) is 36.6 Å². The second-order valence-corrected chi connectivity index (χ2v) is 10.8. The van der Waals surface area contributed by atoms with Crippen molar-refractivity contribution in [2.75, 3.05) is 4.31 Å². The predicted octanol–water partition coefficient (Wildman–Crippen LogP) is 3.59. The molecule has 154 valence electrons. The molecule has 1 aliphatic carbocycles. The summed E-state index contributed by atoms with van der Waals surface area (Å²) in [7, 11) is -7.05. The number of sulfone groups is 1. The number of nitrogens with zero attached hydrogens (tertiary/aromatic N) is 2. The van der Waals surface area contributed by atoms with Gasteiger partial charge < -0.3 is 5.11 Å². The number of rotatable bonds is 4. The van der Waals surface area contributed by atoms with Crippen LogP contribution in [0.4, 0.5) is 5.69 Å². The zero-order valence-electron chi connectivity index (χ0n) is 15.1. The lowest BCUT2D eigenvalue weighted by Gasteiger charge is -2.28. The minimum absolute atomic E-state index is 0.00395. The number of benzene rings is 1. The fourth-order valence-electron chi connectivity index (χ4n) is 3.45. The maximum atomic E-state index is 12.9. The Kier molecular flexibility index (Phi) is 4.85. The summed E-state index contributed by atoms with van der Waals surface area (Å²) in [4.78, 5) is 3.68. The summed E-state index contributed by atoms with van der Waals surface area (Å²) in [6.07, 6.45) is 2.69. The van der Waals surface area contributed by atoms with Crippen molar-refractivity contribution in [2.24, 2.45) is 0 Å². The number of halogens is 2. The fourth-order valence-corrected chi connectivity index (χ4v) is 6.90. The highest BCUT2D eigenvalue weighted by Gasteiger charge is 2.47. The molecule has 7 nitrogen and oxygen atoms in total. The van der Waals surface area contributed by atoms with Crippen LogP contribution in [0.5, 0.6) is 0 Å². The summed E-state index contributed by atoms with van der Waals surface area (Å²) in [5.41, 5.74) is -0.174. The van der Waals surface area contributed by atoms with E-state index in [1.165, 1.54) is 18.3 Å². The summed E-state index contributed by atoms with van der Waals surface area (Å²) in [6, 6.07) is 5.88. The molecule has 1 N–H and O–H groups in total. The third-order valence-electron chi connectivity index (χ3n) is 5.16. The van der Waals surface area contributed by atoms with Gasteiger partial charge in [-0.15, -0.1) is 0 Å². The molecular weight excluding hydrogens is 459 g/mol. The summed E-state index contributed by atoms with van der Waals surface area (Å²) >= 11 is 12.8. The van der Waals surface area contributed by atoms with Gasteiger partial charge in [0, 0.05) is 11.8 Å². The molecule has 4 rings (SSSR count). The predicted molar refractivity (Wildman–Crippen MR) is 113 cm³/mol. The molecule has 0 saturated heterocycles.